The fourth-order valence-corrected chi connectivity index (χ4v) is 1.25. The van der Waals surface area contributed by atoms with E-state index >= 15 is 0 Å². The van der Waals surface area contributed by atoms with Gasteiger partial charge in [-0.3, -0.25) is 4.79 Å². The van der Waals surface area contributed by atoms with Crippen molar-refractivity contribution in [2.75, 3.05) is 13.1 Å². The fraction of sp³-hybridized carbons (Fsp3) is 0.364. The van der Waals surface area contributed by atoms with Gasteiger partial charge >= 0.3 is 0 Å². The van der Waals surface area contributed by atoms with E-state index in [9.17, 15) is 9.18 Å². The molecule has 1 amide bonds. The molecule has 15 heavy (non-hydrogen) atoms. The zero-order valence-corrected chi connectivity index (χ0v) is 8.50. The minimum absolute atomic E-state index is 0.0512. The van der Waals surface area contributed by atoms with Crippen LogP contribution in [0.2, 0.25) is 0 Å². The molecule has 1 aromatic carbocycles. The van der Waals surface area contributed by atoms with Crippen molar-refractivity contribution in [3.05, 3.63) is 35.6 Å². The second-order valence-corrected chi connectivity index (χ2v) is 3.27. The number of carbonyl (C=O) groups is 1. The zero-order valence-electron chi connectivity index (χ0n) is 8.50. The highest BCUT2D eigenvalue weighted by Gasteiger charge is 2.01. The smallest absolute Gasteiger partial charge is 0.220 e. The number of hydrogen-bond donors (Lipinski definition) is 2. The summed E-state index contributed by atoms with van der Waals surface area (Å²) < 4.78 is 12.8. The zero-order chi connectivity index (χ0) is 11.1. The lowest BCUT2D eigenvalue weighted by Crippen LogP contribution is -2.29. The van der Waals surface area contributed by atoms with E-state index < -0.39 is 0 Å². The second-order valence-electron chi connectivity index (χ2n) is 3.27. The summed E-state index contributed by atoms with van der Waals surface area (Å²) in [7, 11) is 0. The molecular formula is C11H15FN2O. The standard InChI is InChI=1S/C11H15FN2O/c12-10-3-1-2-9(8-10)4-5-11(15)14-7-6-13/h1-3,8H,4-7,13H2,(H,14,15). The van der Waals surface area contributed by atoms with E-state index in [-0.39, 0.29) is 11.7 Å². The molecule has 0 fully saturated rings. The monoisotopic (exact) mass is 210 g/mol. The molecule has 0 heterocycles. The average molecular weight is 210 g/mol. The summed E-state index contributed by atoms with van der Waals surface area (Å²) in [4.78, 5) is 11.2. The maximum atomic E-state index is 12.8. The Kier molecular flexibility index (Phi) is 4.77. The highest BCUT2D eigenvalue weighted by Crippen LogP contribution is 2.05. The van der Waals surface area contributed by atoms with Crippen LogP contribution >= 0.6 is 0 Å². The lowest BCUT2D eigenvalue weighted by molar-refractivity contribution is -0.120. The molecule has 0 aromatic heterocycles. The number of carbonyl (C=O) groups excluding carboxylic acids is 1. The first-order chi connectivity index (χ1) is 7.22. The van der Waals surface area contributed by atoms with E-state index in [2.05, 4.69) is 5.32 Å². The minimum atomic E-state index is -0.269. The molecule has 0 unspecified atom stereocenters. The van der Waals surface area contributed by atoms with E-state index in [0.717, 1.165) is 5.56 Å². The number of rotatable bonds is 5. The van der Waals surface area contributed by atoms with Crippen LogP contribution in [0, 0.1) is 5.82 Å². The van der Waals surface area contributed by atoms with Crippen LogP contribution in [0.5, 0.6) is 0 Å². The number of hydrogen-bond acceptors (Lipinski definition) is 2. The molecule has 0 aliphatic heterocycles. The summed E-state index contributed by atoms with van der Waals surface area (Å²) in [5, 5.41) is 2.66. The molecule has 0 radical (unpaired) electrons. The SMILES string of the molecule is NCCNC(=O)CCc1cccc(F)c1. The van der Waals surface area contributed by atoms with Gasteiger partial charge in [0.15, 0.2) is 0 Å². The fourth-order valence-electron chi connectivity index (χ4n) is 1.25. The number of amides is 1. The Labute approximate surface area is 88.5 Å². The Morgan fingerprint density at radius 2 is 2.27 bits per heavy atom. The molecular weight excluding hydrogens is 195 g/mol. The number of benzene rings is 1. The number of nitrogens with one attached hydrogen (secondary N) is 1. The maximum absolute atomic E-state index is 12.8. The van der Waals surface area contributed by atoms with Gasteiger partial charge in [-0.2, -0.15) is 0 Å². The molecule has 0 atom stereocenters. The van der Waals surface area contributed by atoms with E-state index in [0.29, 0.717) is 25.9 Å². The molecule has 0 aliphatic carbocycles. The third kappa shape index (κ3) is 4.56. The lowest BCUT2D eigenvalue weighted by Gasteiger charge is -2.03. The number of nitrogens with two attached hydrogens (primary N) is 1. The first-order valence-electron chi connectivity index (χ1n) is 4.93. The molecule has 0 saturated heterocycles. The van der Waals surface area contributed by atoms with E-state index in [1.807, 2.05) is 0 Å². The van der Waals surface area contributed by atoms with Crippen molar-refractivity contribution >= 4 is 5.91 Å². The van der Waals surface area contributed by atoms with Crippen LogP contribution in [0.3, 0.4) is 0 Å². The largest absolute Gasteiger partial charge is 0.355 e. The van der Waals surface area contributed by atoms with Crippen molar-refractivity contribution in [1.29, 1.82) is 0 Å². The van der Waals surface area contributed by atoms with Gasteiger partial charge < -0.3 is 11.1 Å². The van der Waals surface area contributed by atoms with Gasteiger partial charge in [0.25, 0.3) is 0 Å². The Morgan fingerprint density at radius 3 is 2.93 bits per heavy atom. The molecule has 0 bridgehead atoms. The summed E-state index contributed by atoms with van der Waals surface area (Å²) in [6.07, 6.45) is 0.914. The van der Waals surface area contributed by atoms with Crippen molar-refractivity contribution < 1.29 is 9.18 Å². The van der Waals surface area contributed by atoms with Crippen LogP contribution < -0.4 is 11.1 Å². The van der Waals surface area contributed by atoms with Gasteiger partial charge in [-0.1, -0.05) is 12.1 Å². The van der Waals surface area contributed by atoms with Crippen molar-refractivity contribution in [1.82, 2.24) is 5.32 Å². The molecule has 82 valence electrons. The molecule has 4 heteroatoms. The molecule has 3 nitrogen and oxygen atoms in total. The highest BCUT2D eigenvalue weighted by atomic mass is 19.1. The van der Waals surface area contributed by atoms with Crippen molar-refractivity contribution in [2.45, 2.75) is 12.8 Å². The molecule has 0 saturated carbocycles. The quantitative estimate of drug-likeness (QED) is 0.756. The van der Waals surface area contributed by atoms with Crippen LogP contribution in [0.4, 0.5) is 4.39 Å². The molecule has 0 spiro atoms. The Balaban J connectivity index is 2.33. The van der Waals surface area contributed by atoms with E-state index in [1.165, 1.54) is 12.1 Å². The Bertz CT molecular complexity index is 328. The van der Waals surface area contributed by atoms with Gasteiger partial charge in [-0.15, -0.1) is 0 Å². The van der Waals surface area contributed by atoms with Crippen LogP contribution in [0.15, 0.2) is 24.3 Å². The number of halogens is 1. The first kappa shape index (κ1) is 11.7. The average Bonchev–Trinajstić information content (AvgIpc) is 2.23. The van der Waals surface area contributed by atoms with Crippen LogP contribution in [-0.4, -0.2) is 19.0 Å². The van der Waals surface area contributed by atoms with Gasteiger partial charge in [-0.05, 0) is 24.1 Å². The predicted octanol–water partition coefficient (Wildman–Crippen LogP) is 0.833. The molecule has 1 aromatic rings. The van der Waals surface area contributed by atoms with Gasteiger partial charge in [0.1, 0.15) is 5.82 Å². The van der Waals surface area contributed by atoms with E-state index in [1.54, 1.807) is 12.1 Å². The molecule has 3 N–H and O–H groups in total. The van der Waals surface area contributed by atoms with Crippen LogP contribution in [0.1, 0.15) is 12.0 Å². The van der Waals surface area contributed by atoms with Crippen LogP contribution in [0.25, 0.3) is 0 Å². The number of aryl methyl sites for hydroxylation is 1. The Morgan fingerprint density at radius 1 is 1.47 bits per heavy atom. The van der Waals surface area contributed by atoms with Crippen molar-refractivity contribution in [2.24, 2.45) is 5.73 Å². The van der Waals surface area contributed by atoms with Crippen molar-refractivity contribution in [3.63, 3.8) is 0 Å². The summed E-state index contributed by atoms with van der Waals surface area (Å²) >= 11 is 0. The van der Waals surface area contributed by atoms with Crippen molar-refractivity contribution in [3.8, 4) is 0 Å². The maximum Gasteiger partial charge on any atom is 0.220 e. The lowest BCUT2D eigenvalue weighted by atomic mass is 10.1. The Hall–Kier alpha value is -1.42. The van der Waals surface area contributed by atoms with Gasteiger partial charge in [0.05, 0.1) is 0 Å². The highest BCUT2D eigenvalue weighted by molar-refractivity contribution is 5.76. The molecule has 0 aliphatic rings. The van der Waals surface area contributed by atoms with Crippen LogP contribution in [-0.2, 0) is 11.2 Å². The summed E-state index contributed by atoms with van der Waals surface area (Å²) in [5.41, 5.74) is 6.07. The normalized spacial score (nSPS) is 10.0. The third-order valence-electron chi connectivity index (χ3n) is 2.00. The second kappa shape index (κ2) is 6.14. The summed E-state index contributed by atoms with van der Waals surface area (Å²) in [5.74, 6) is -0.320. The van der Waals surface area contributed by atoms with Gasteiger partial charge in [-0.25, -0.2) is 4.39 Å². The summed E-state index contributed by atoms with van der Waals surface area (Å²) in [6, 6.07) is 6.27. The third-order valence-corrected chi connectivity index (χ3v) is 2.00. The minimum Gasteiger partial charge on any atom is -0.355 e. The molecule has 1 rings (SSSR count). The van der Waals surface area contributed by atoms with E-state index in [4.69, 9.17) is 5.73 Å². The predicted molar refractivity (Wildman–Crippen MR) is 56.8 cm³/mol. The summed E-state index contributed by atoms with van der Waals surface area (Å²) in [6.45, 7) is 0.924. The van der Waals surface area contributed by atoms with Gasteiger partial charge in [0.2, 0.25) is 5.91 Å². The van der Waals surface area contributed by atoms with Gasteiger partial charge in [0, 0.05) is 19.5 Å². The first-order valence-corrected chi connectivity index (χ1v) is 4.93. The topological polar surface area (TPSA) is 55.1 Å².